The Balaban J connectivity index is 1.61. The number of hydrogen-bond acceptors (Lipinski definition) is 4. The second kappa shape index (κ2) is 7.13. The van der Waals surface area contributed by atoms with E-state index in [1.54, 1.807) is 30.3 Å². The number of thioether (sulfide) groups is 1. The van der Waals surface area contributed by atoms with Crippen molar-refractivity contribution in [2.45, 2.75) is 13.8 Å². The number of nitrogens with one attached hydrogen (secondary N) is 1. The van der Waals surface area contributed by atoms with Crippen LogP contribution in [0.25, 0.3) is 17.4 Å². The third-order valence-electron chi connectivity index (χ3n) is 4.60. The van der Waals surface area contributed by atoms with Crippen LogP contribution in [-0.4, -0.2) is 11.1 Å². The molecule has 4 nitrogen and oxygen atoms in total. The minimum absolute atomic E-state index is 0.157. The number of benzene rings is 2. The van der Waals surface area contributed by atoms with Gasteiger partial charge in [-0.25, -0.2) is 4.39 Å². The quantitative estimate of drug-likeness (QED) is 0.577. The maximum Gasteiger partial charge on any atom is 0.271 e. The lowest BCUT2D eigenvalue weighted by molar-refractivity contribution is -0.113. The predicted octanol–water partition coefficient (Wildman–Crippen LogP) is 5.76. The van der Waals surface area contributed by atoms with Crippen LogP contribution in [-0.2, 0) is 4.79 Å². The highest BCUT2D eigenvalue weighted by Gasteiger charge is 2.34. The number of nitrogens with zero attached hydrogens (tertiary/aromatic N) is 1. The molecule has 2 aromatic carbocycles. The van der Waals surface area contributed by atoms with E-state index in [0.717, 1.165) is 28.5 Å². The van der Waals surface area contributed by atoms with Crippen molar-refractivity contribution in [3.8, 4) is 11.3 Å². The summed E-state index contributed by atoms with van der Waals surface area (Å²) in [6.45, 7) is 3.98. The van der Waals surface area contributed by atoms with Gasteiger partial charge in [-0.15, -0.1) is 0 Å². The van der Waals surface area contributed by atoms with Gasteiger partial charge in [-0.3, -0.25) is 15.1 Å². The SMILES string of the molecule is Cc1ccc(N2C(=N)S/C(=C/c3ccc(-c4ccc(F)cc4)o3)C2=O)cc1C. The molecule has 6 heteroatoms. The molecule has 0 unspecified atom stereocenters. The Labute approximate surface area is 166 Å². The first-order valence-electron chi connectivity index (χ1n) is 8.68. The zero-order chi connectivity index (χ0) is 19.8. The van der Waals surface area contributed by atoms with Crippen molar-refractivity contribution in [3.05, 3.63) is 82.2 Å². The molecule has 1 fully saturated rings. The summed E-state index contributed by atoms with van der Waals surface area (Å²) in [6.07, 6.45) is 1.63. The van der Waals surface area contributed by atoms with Crippen molar-refractivity contribution < 1.29 is 13.6 Å². The Bertz CT molecular complexity index is 1120. The molecule has 0 aliphatic carbocycles. The average Bonchev–Trinajstić information content (AvgIpc) is 3.23. The monoisotopic (exact) mass is 392 g/mol. The summed E-state index contributed by atoms with van der Waals surface area (Å²) in [5.74, 6) is 0.529. The van der Waals surface area contributed by atoms with Gasteiger partial charge in [-0.05, 0) is 85.3 Å². The number of carbonyl (C=O) groups excluding carboxylic acids is 1. The maximum atomic E-state index is 13.1. The number of aryl methyl sites for hydroxylation is 2. The summed E-state index contributed by atoms with van der Waals surface area (Å²) >= 11 is 1.10. The molecule has 1 aliphatic heterocycles. The molecule has 0 spiro atoms. The van der Waals surface area contributed by atoms with Gasteiger partial charge in [-0.1, -0.05) is 6.07 Å². The summed E-state index contributed by atoms with van der Waals surface area (Å²) in [6, 6.07) is 15.2. The van der Waals surface area contributed by atoms with Crippen molar-refractivity contribution in [1.82, 2.24) is 0 Å². The zero-order valence-electron chi connectivity index (χ0n) is 15.3. The molecule has 1 amide bonds. The number of hydrogen-bond donors (Lipinski definition) is 1. The van der Waals surface area contributed by atoms with Crippen LogP contribution in [0, 0.1) is 25.1 Å². The smallest absolute Gasteiger partial charge is 0.271 e. The average molecular weight is 392 g/mol. The topological polar surface area (TPSA) is 57.3 Å². The fourth-order valence-electron chi connectivity index (χ4n) is 2.92. The van der Waals surface area contributed by atoms with Gasteiger partial charge in [0.1, 0.15) is 17.3 Å². The highest BCUT2D eigenvalue weighted by atomic mass is 32.2. The Kier molecular flexibility index (Phi) is 4.65. The van der Waals surface area contributed by atoms with Crippen molar-refractivity contribution in [2.75, 3.05) is 4.90 Å². The number of anilines is 1. The fraction of sp³-hybridized carbons (Fsp3) is 0.0909. The van der Waals surface area contributed by atoms with Crippen LogP contribution in [0.15, 0.2) is 63.9 Å². The van der Waals surface area contributed by atoms with E-state index in [4.69, 9.17) is 9.83 Å². The van der Waals surface area contributed by atoms with Gasteiger partial charge < -0.3 is 4.42 Å². The van der Waals surface area contributed by atoms with Crippen molar-refractivity contribution in [2.24, 2.45) is 0 Å². The van der Waals surface area contributed by atoms with Gasteiger partial charge in [0, 0.05) is 11.6 Å². The molecule has 1 N–H and O–H groups in total. The lowest BCUT2D eigenvalue weighted by atomic mass is 10.1. The number of furan rings is 1. The maximum absolute atomic E-state index is 13.1. The Hall–Kier alpha value is -3.12. The van der Waals surface area contributed by atoms with Crippen molar-refractivity contribution in [1.29, 1.82) is 5.41 Å². The van der Waals surface area contributed by atoms with Crippen molar-refractivity contribution >= 4 is 34.6 Å². The second-order valence-electron chi connectivity index (χ2n) is 6.53. The predicted molar refractivity (Wildman–Crippen MR) is 111 cm³/mol. The van der Waals surface area contributed by atoms with E-state index in [2.05, 4.69) is 0 Å². The van der Waals surface area contributed by atoms with E-state index in [1.165, 1.54) is 17.0 Å². The Morgan fingerprint density at radius 2 is 1.79 bits per heavy atom. The minimum Gasteiger partial charge on any atom is -0.457 e. The minimum atomic E-state index is -0.310. The molecule has 140 valence electrons. The lowest BCUT2D eigenvalue weighted by Gasteiger charge is -2.15. The Morgan fingerprint density at radius 1 is 1.04 bits per heavy atom. The molecule has 4 rings (SSSR count). The first-order valence-corrected chi connectivity index (χ1v) is 9.49. The van der Waals surface area contributed by atoms with E-state index in [0.29, 0.717) is 22.1 Å². The highest BCUT2D eigenvalue weighted by molar-refractivity contribution is 8.19. The molecule has 0 radical (unpaired) electrons. The zero-order valence-corrected chi connectivity index (χ0v) is 16.1. The van der Waals surface area contributed by atoms with E-state index in [1.807, 2.05) is 32.0 Å². The molecular weight excluding hydrogens is 375 g/mol. The molecule has 0 bridgehead atoms. The van der Waals surface area contributed by atoms with E-state index in [9.17, 15) is 9.18 Å². The van der Waals surface area contributed by atoms with Gasteiger partial charge >= 0.3 is 0 Å². The number of carbonyl (C=O) groups is 1. The van der Waals surface area contributed by atoms with Gasteiger partial charge in [0.05, 0.1) is 10.6 Å². The summed E-state index contributed by atoms with van der Waals surface area (Å²) in [4.78, 5) is 14.7. The first-order chi connectivity index (χ1) is 13.4. The molecule has 3 aromatic rings. The summed E-state index contributed by atoms with van der Waals surface area (Å²) in [5, 5.41) is 8.37. The van der Waals surface area contributed by atoms with Crippen LogP contribution in [0.4, 0.5) is 10.1 Å². The lowest BCUT2D eigenvalue weighted by Crippen LogP contribution is -2.28. The van der Waals surface area contributed by atoms with Crippen LogP contribution in [0.1, 0.15) is 16.9 Å². The van der Waals surface area contributed by atoms with Crippen LogP contribution < -0.4 is 4.90 Å². The van der Waals surface area contributed by atoms with Crippen LogP contribution >= 0.6 is 11.8 Å². The summed E-state index contributed by atoms with van der Waals surface area (Å²) in [5.41, 5.74) is 3.63. The Morgan fingerprint density at radius 3 is 2.50 bits per heavy atom. The molecule has 0 atom stereocenters. The summed E-state index contributed by atoms with van der Waals surface area (Å²) < 4.78 is 18.9. The molecule has 1 aliphatic rings. The number of amidine groups is 1. The van der Waals surface area contributed by atoms with Crippen LogP contribution in [0.5, 0.6) is 0 Å². The molecule has 28 heavy (non-hydrogen) atoms. The van der Waals surface area contributed by atoms with Gasteiger partial charge in [0.15, 0.2) is 5.17 Å². The largest absolute Gasteiger partial charge is 0.457 e. The molecule has 0 saturated carbocycles. The number of amides is 1. The standard InChI is InChI=1S/C22H17FN2O2S/c1-13-3-8-17(11-14(13)2)25-21(26)20(28-22(25)24)12-18-9-10-19(27-18)15-4-6-16(23)7-5-15/h3-12,24H,1-2H3/b20-12+,24-22?. The fourth-order valence-corrected chi connectivity index (χ4v) is 3.76. The van der Waals surface area contributed by atoms with Gasteiger partial charge in [-0.2, -0.15) is 0 Å². The number of halogens is 1. The van der Waals surface area contributed by atoms with E-state index >= 15 is 0 Å². The first kappa shape index (κ1) is 18.3. The molecular formula is C22H17FN2O2S. The van der Waals surface area contributed by atoms with E-state index < -0.39 is 0 Å². The molecule has 1 aromatic heterocycles. The second-order valence-corrected chi connectivity index (χ2v) is 7.56. The highest BCUT2D eigenvalue weighted by Crippen LogP contribution is 2.36. The van der Waals surface area contributed by atoms with Crippen LogP contribution in [0.2, 0.25) is 0 Å². The van der Waals surface area contributed by atoms with Gasteiger partial charge in [0.2, 0.25) is 0 Å². The molecule has 2 heterocycles. The van der Waals surface area contributed by atoms with E-state index in [-0.39, 0.29) is 16.9 Å². The van der Waals surface area contributed by atoms with Crippen molar-refractivity contribution in [3.63, 3.8) is 0 Å². The third-order valence-corrected chi connectivity index (χ3v) is 5.49. The van der Waals surface area contributed by atoms with Gasteiger partial charge in [0.25, 0.3) is 5.91 Å². The number of rotatable bonds is 3. The third kappa shape index (κ3) is 3.39. The molecule has 1 saturated heterocycles. The summed E-state index contributed by atoms with van der Waals surface area (Å²) in [7, 11) is 0. The normalized spacial score (nSPS) is 15.7. The van der Waals surface area contributed by atoms with Crippen LogP contribution in [0.3, 0.4) is 0 Å².